The molecule has 19 heavy (non-hydrogen) atoms. The predicted molar refractivity (Wildman–Crippen MR) is 78.2 cm³/mol. The zero-order chi connectivity index (χ0) is 14.5. The standard InChI is InChI=1S/C15H24N2O2/c1-5-10-17(14(18)19-15(2,3)4)13-8-6-12(11-16)7-9-13/h6-9H,5,10-11,16H2,1-4H3. The van der Waals surface area contributed by atoms with E-state index in [9.17, 15) is 4.79 Å². The number of ether oxygens (including phenoxy) is 1. The van der Waals surface area contributed by atoms with Crippen LogP contribution in [-0.2, 0) is 11.3 Å². The van der Waals surface area contributed by atoms with Crippen molar-refractivity contribution in [3.8, 4) is 0 Å². The second-order valence-corrected chi connectivity index (χ2v) is 5.50. The number of hydrogen-bond acceptors (Lipinski definition) is 3. The lowest BCUT2D eigenvalue weighted by Gasteiger charge is -2.27. The van der Waals surface area contributed by atoms with Gasteiger partial charge in [-0.3, -0.25) is 4.90 Å². The third-order valence-electron chi connectivity index (χ3n) is 2.54. The van der Waals surface area contributed by atoms with E-state index in [1.54, 1.807) is 4.90 Å². The minimum Gasteiger partial charge on any atom is -0.443 e. The van der Waals surface area contributed by atoms with Gasteiger partial charge in [0.25, 0.3) is 0 Å². The van der Waals surface area contributed by atoms with Crippen LogP contribution in [0.2, 0.25) is 0 Å². The van der Waals surface area contributed by atoms with Gasteiger partial charge in [0.15, 0.2) is 0 Å². The highest BCUT2D eigenvalue weighted by Gasteiger charge is 2.22. The first-order valence-corrected chi connectivity index (χ1v) is 6.67. The second-order valence-electron chi connectivity index (χ2n) is 5.50. The van der Waals surface area contributed by atoms with Gasteiger partial charge in [0.2, 0.25) is 0 Å². The molecule has 0 heterocycles. The summed E-state index contributed by atoms with van der Waals surface area (Å²) in [5.74, 6) is 0. The SMILES string of the molecule is CCCN(C(=O)OC(C)(C)C)c1ccc(CN)cc1. The van der Waals surface area contributed by atoms with Crippen LogP contribution in [-0.4, -0.2) is 18.2 Å². The summed E-state index contributed by atoms with van der Waals surface area (Å²) in [4.78, 5) is 13.8. The maximum absolute atomic E-state index is 12.2. The lowest BCUT2D eigenvalue weighted by atomic mass is 10.2. The summed E-state index contributed by atoms with van der Waals surface area (Å²) in [5, 5.41) is 0. The van der Waals surface area contributed by atoms with Gasteiger partial charge in [-0.25, -0.2) is 4.79 Å². The van der Waals surface area contributed by atoms with Crippen molar-refractivity contribution in [3.05, 3.63) is 29.8 Å². The van der Waals surface area contributed by atoms with Crippen molar-refractivity contribution in [1.29, 1.82) is 0 Å². The largest absolute Gasteiger partial charge is 0.443 e. The molecule has 0 saturated carbocycles. The van der Waals surface area contributed by atoms with Crippen molar-refractivity contribution >= 4 is 11.8 Å². The second kappa shape index (κ2) is 6.57. The molecule has 0 bridgehead atoms. The van der Waals surface area contributed by atoms with Gasteiger partial charge in [-0.2, -0.15) is 0 Å². The quantitative estimate of drug-likeness (QED) is 0.907. The topological polar surface area (TPSA) is 55.6 Å². The average molecular weight is 264 g/mol. The number of nitrogens with two attached hydrogens (primary N) is 1. The van der Waals surface area contributed by atoms with Crippen molar-refractivity contribution in [2.24, 2.45) is 5.73 Å². The zero-order valence-electron chi connectivity index (χ0n) is 12.3. The molecule has 1 aromatic rings. The summed E-state index contributed by atoms with van der Waals surface area (Å²) in [5.41, 5.74) is 6.97. The molecule has 0 unspecified atom stereocenters. The van der Waals surface area contributed by atoms with Gasteiger partial charge in [0.1, 0.15) is 5.60 Å². The molecule has 0 saturated heterocycles. The van der Waals surface area contributed by atoms with E-state index in [1.807, 2.05) is 52.0 Å². The summed E-state index contributed by atoms with van der Waals surface area (Å²) < 4.78 is 5.43. The van der Waals surface area contributed by atoms with Gasteiger partial charge in [-0.05, 0) is 44.9 Å². The molecule has 0 aliphatic heterocycles. The molecular formula is C15H24N2O2. The van der Waals surface area contributed by atoms with E-state index >= 15 is 0 Å². The number of amides is 1. The highest BCUT2D eigenvalue weighted by Crippen LogP contribution is 2.19. The van der Waals surface area contributed by atoms with Crippen LogP contribution in [0.1, 0.15) is 39.7 Å². The van der Waals surface area contributed by atoms with Gasteiger partial charge < -0.3 is 10.5 Å². The molecule has 0 fully saturated rings. The highest BCUT2D eigenvalue weighted by atomic mass is 16.6. The smallest absolute Gasteiger partial charge is 0.414 e. The Kier molecular flexibility index (Phi) is 5.36. The summed E-state index contributed by atoms with van der Waals surface area (Å²) in [6.45, 7) is 8.77. The van der Waals surface area contributed by atoms with E-state index in [1.165, 1.54) is 0 Å². The number of nitrogens with zero attached hydrogens (tertiary/aromatic N) is 1. The van der Waals surface area contributed by atoms with Crippen LogP contribution in [0.4, 0.5) is 10.5 Å². The maximum Gasteiger partial charge on any atom is 0.414 e. The van der Waals surface area contributed by atoms with E-state index in [0.717, 1.165) is 17.7 Å². The number of benzene rings is 1. The molecule has 1 amide bonds. The lowest BCUT2D eigenvalue weighted by molar-refractivity contribution is 0.0580. The minimum absolute atomic E-state index is 0.310. The van der Waals surface area contributed by atoms with Crippen molar-refractivity contribution in [2.75, 3.05) is 11.4 Å². The Morgan fingerprint density at radius 3 is 2.26 bits per heavy atom. The van der Waals surface area contributed by atoms with Crippen LogP contribution < -0.4 is 10.6 Å². The molecule has 106 valence electrons. The monoisotopic (exact) mass is 264 g/mol. The van der Waals surface area contributed by atoms with E-state index in [0.29, 0.717) is 13.1 Å². The van der Waals surface area contributed by atoms with Crippen molar-refractivity contribution < 1.29 is 9.53 Å². The normalized spacial score (nSPS) is 11.2. The van der Waals surface area contributed by atoms with E-state index < -0.39 is 5.60 Å². The van der Waals surface area contributed by atoms with Crippen molar-refractivity contribution in [1.82, 2.24) is 0 Å². The van der Waals surface area contributed by atoms with Crippen LogP contribution >= 0.6 is 0 Å². The van der Waals surface area contributed by atoms with Crippen LogP contribution in [0.15, 0.2) is 24.3 Å². The molecule has 0 radical (unpaired) electrons. The average Bonchev–Trinajstić information content (AvgIpc) is 2.34. The summed E-state index contributed by atoms with van der Waals surface area (Å²) >= 11 is 0. The Labute approximate surface area is 115 Å². The molecule has 0 aliphatic carbocycles. The molecule has 0 spiro atoms. The first-order chi connectivity index (χ1) is 8.87. The van der Waals surface area contributed by atoms with E-state index in [-0.39, 0.29) is 6.09 Å². The number of anilines is 1. The van der Waals surface area contributed by atoms with Gasteiger partial charge in [-0.15, -0.1) is 0 Å². The van der Waals surface area contributed by atoms with Gasteiger partial charge in [0.05, 0.1) is 0 Å². The third kappa shape index (κ3) is 4.91. The van der Waals surface area contributed by atoms with Crippen LogP contribution in [0.5, 0.6) is 0 Å². The number of carbonyl (C=O) groups excluding carboxylic acids is 1. The maximum atomic E-state index is 12.2. The Hall–Kier alpha value is -1.55. The lowest BCUT2D eigenvalue weighted by Crippen LogP contribution is -2.37. The Bertz CT molecular complexity index is 407. The molecule has 4 nitrogen and oxygen atoms in total. The molecule has 0 aliphatic rings. The minimum atomic E-state index is -0.486. The van der Waals surface area contributed by atoms with Gasteiger partial charge in [0, 0.05) is 18.8 Å². The Balaban J connectivity index is 2.89. The van der Waals surface area contributed by atoms with Crippen LogP contribution in [0.3, 0.4) is 0 Å². The fourth-order valence-electron chi connectivity index (χ4n) is 1.68. The fraction of sp³-hybridized carbons (Fsp3) is 0.533. The zero-order valence-corrected chi connectivity index (χ0v) is 12.3. The van der Waals surface area contributed by atoms with E-state index in [4.69, 9.17) is 10.5 Å². The third-order valence-corrected chi connectivity index (χ3v) is 2.54. The highest BCUT2D eigenvalue weighted by molar-refractivity contribution is 5.87. The van der Waals surface area contributed by atoms with Crippen LogP contribution in [0.25, 0.3) is 0 Å². The van der Waals surface area contributed by atoms with Crippen molar-refractivity contribution in [3.63, 3.8) is 0 Å². The molecule has 1 rings (SSSR count). The number of hydrogen-bond donors (Lipinski definition) is 1. The van der Waals surface area contributed by atoms with Gasteiger partial charge >= 0.3 is 6.09 Å². The van der Waals surface area contributed by atoms with Crippen LogP contribution in [0, 0.1) is 0 Å². The Morgan fingerprint density at radius 2 is 1.84 bits per heavy atom. The number of carbonyl (C=O) groups is 1. The Morgan fingerprint density at radius 1 is 1.26 bits per heavy atom. The van der Waals surface area contributed by atoms with E-state index in [2.05, 4.69) is 0 Å². The fourth-order valence-corrected chi connectivity index (χ4v) is 1.68. The molecular weight excluding hydrogens is 240 g/mol. The molecule has 4 heteroatoms. The first kappa shape index (κ1) is 15.5. The first-order valence-electron chi connectivity index (χ1n) is 6.67. The van der Waals surface area contributed by atoms with Crippen molar-refractivity contribution in [2.45, 2.75) is 46.3 Å². The predicted octanol–water partition coefficient (Wildman–Crippen LogP) is 3.30. The summed E-state index contributed by atoms with van der Waals surface area (Å²) in [7, 11) is 0. The molecule has 2 N–H and O–H groups in total. The summed E-state index contributed by atoms with van der Waals surface area (Å²) in [6.07, 6.45) is 0.563. The summed E-state index contributed by atoms with van der Waals surface area (Å²) in [6, 6.07) is 7.67. The van der Waals surface area contributed by atoms with Gasteiger partial charge in [-0.1, -0.05) is 19.1 Å². The molecule has 0 aromatic heterocycles. The molecule has 0 atom stereocenters. The molecule has 1 aromatic carbocycles. The number of rotatable bonds is 4.